The molecule has 36 heavy (non-hydrogen) atoms. The van der Waals surface area contributed by atoms with Gasteiger partial charge in [-0.05, 0) is 42.7 Å². The van der Waals surface area contributed by atoms with Gasteiger partial charge in [-0.2, -0.15) is 4.31 Å². The third-order valence-corrected chi connectivity index (χ3v) is 8.56. The summed E-state index contributed by atoms with van der Waals surface area (Å²) >= 11 is 1.41. The first-order valence-electron chi connectivity index (χ1n) is 12.0. The number of amides is 1. The van der Waals surface area contributed by atoms with Crippen LogP contribution in [0.5, 0.6) is 0 Å². The number of nitrogens with zero attached hydrogens (tertiary/aromatic N) is 2. The molecule has 0 radical (unpaired) electrons. The highest BCUT2D eigenvalue weighted by Crippen LogP contribution is 2.39. The second-order valence-electron chi connectivity index (χ2n) is 8.31. The van der Waals surface area contributed by atoms with Crippen LogP contribution in [0.3, 0.4) is 0 Å². The SMILES string of the molecule is CCCN(CCC)S(=O)(=O)c1ccc(C(=O)Nc2nc(-c3ccccc3)c(-c3ccccc3)s2)cc1. The Bertz CT molecular complexity index is 1340. The van der Waals surface area contributed by atoms with Crippen LogP contribution in [0.1, 0.15) is 37.0 Å². The Morgan fingerprint density at radius 1 is 0.833 bits per heavy atom. The zero-order chi connectivity index (χ0) is 25.5. The van der Waals surface area contributed by atoms with Gasteiger partial charge in [-0.1, -0.05) is 85.8 Å². The lowest BCUT2D eigenvalue weighted by molar-refractivity contribution is 0.102. The summed E-state index contributed by atoms with van der Waals surface area (Å²) in [7, 11) is -3.60. The molecule has 1 aromatic heterocycles. The molecule has 1 N–H and O–H groups in total. The molecule has 1 amide bonds. The fourth-order valence-corrected chi connectivity index (χ4v) is 6.51. The maximum atomic E-state index is 13.0. The number of anilines is 1. The maximum Gasteiger partial charge on any atom is 0.257 e. The van der Waals surface area contributed by atoms with Crippen molar-refractivity contribution in [2.75, 3.05) is 18.4 Å². The Morgan fingerprint density at radius 3 is 1.94 bits per heavy atom. The van der Waals surface area contributed by atoms with Gasteiger partial charge in [0.2, 0.25) is 10.0 Å². The van der Waals surface area contributed by atoms with Crippen molar-refractivity contribution >= 4 is 32.4 Å². The molecule has 4 rings (SSSR count). The lowest BCUT2D eigenvalue weighted by Gasteiger charge is -2.21. The number of hydrogen-bond donors (Lipinski definition) is 1. The molecule has 186 valence electrons. The van der Waals surface area contributed by atoms with Gasteiger partial charge in [-0.15, -0.1) is 0 Å². The molecule has 0 saturated heterocycles. The molecule has 0 atom stereocenters. The van der Waals surface area contributed by atoms with Gasteiger partial charge in [0.05, 0.1) is 15.5 Å². The van der Waals surface area contributed by atoms with Crippen molar-refractivity contribution < 1.29 is 13.2 Å². The third-order valence-electron chi connectivity index (χ3n) is 5.63. The van der Waals surface area contributed by atoms with E-state index in [-0.39, 0.29) is 10.8 Å². The number of rotatable bonds is 10. The molecule has 0 fully saturated rings. The predicted octanol–water partition coefficient (Wildman–Crippen LogP) is 6.54. The molecule has 0 unspecified atom stereocenters. The van der Waals surface area contributed by atoms with E-state index < -0.39 is 10.0 Å². The van der Waals surface area contributed by atoms with Crippen molar-refractivity contribution in [3.63, 3.8) is 0 Å². The maximum absolute atomic E-state index is 13.0. The molecular formula is C28H29N3O3S2. The highest BCUT2D eigenvalue weighted by atomic mass is 32.2. The molecule has 0 aliphatic heterocycles. The molecule has 0 aliphatic carbocycles. The quantitative estimate of drug-likeness (QED) is 0.258. The Balaban J connectivity index is 1.58. The monoisotopic (exact) mass is 519 g/mol. The van der Waals surface area contributed by atoms with Gasteiger partial charge in [-0.3, -0.25) is 10.1 Å². The summed E-state index contributed by atoms with van der Waals surface area (Å²) in [5.74, 6) is -0.342. The summed E-state index contributed by atoms with van der Waals surface area (Å²) in [5, 5.41) is 3.37. The van der Waals surface area contributed by atoms with Crippen molar-refractivity contribution in [1.29, 1.82) is 0 Å². The second kappa shape index (κ2) is 11.6. The number of thiazole rings is 1. The zero-order valence-electron chi connectivity index (χ0n) is 20.3. The van der Waals surface area contributed by atoms with Gasteiger partial charge in [0.1, 0.15) is 0 Å². The normalized spacial score (nSPS) is 11.5. The zero-order valence-corrected chi connectivity index (χ0v) is 22.0. The Kier molecular flexibility index (Phi) is 8.30. The molecule has 0 bridgehead atoms. The fourth-order valence-electron chi connectivity index (χ4n) is 3.90. The first-order chi connectivity index (χ1) is 17.4. The molecule has 1 heterocycles. The average Bonchev–Trinajstić information content (AvgIpc) is 3.33. The largest absolute Gasteiger partial charge is 0.298 e. The summed E-state index contributed by atoms with van der Waals surface area (Å²) in [4.78, 5) is 18.9. The second-order valence-corrected chi connectivity index (χ2v) is 11.2. The minimum Gasteiger partial charge on any atom is -0.298 e. The minimum atomic E-state index is -3.60. The van der Waals surface area contributed by atoms with Crippen LogP contribution in [0, 0.1) is 0 Å². The van der Waals surface area contributed by atoms with Crippen LogP contribution in [0.4, 0.5) is 5.13 Å². The van der Waals surface area contributed by atoms with E-state index >= 15 is 0 Å². The molecular weight excluding hydrogens is 490 g/mol. The van der Waals surface area contributed by atoms with Crippen LogP contribution in [0.15, 0.2) is 89.8 Å². The lowest BCUT2D eigenvalue weighted by atomic mass is 10.1. The van der Waals surface area contributed by atoms with Crippen molar-refractivity contribution in [2.45, 2.75) is 31.6 Å². The summed E-state index contributed by atoms with van der Waals surface area (Å²) in [6.07, 6.45) is 1.48. The van der Waals surface area contributed by atoms with E-state index in [0.29, 0.717) is 23.8 Å². The first kappa shape index (κ1) is 25.8. The van der Waals surface area contributed by atoms with E-state index in [1.54, 1.807) is 12.1 Å². The van der Waals surface area contributed by atoms with Crippen LogP contribution >= 0.6 is 11.3 Å². The van der Waals surface area contributed by atoms with Crippen LogP contribution in [-0.4, -0.2) is 36.7 Å². The van der Waals surface area contributed by atoms with Crippen LogP contribution in [0.25, 0.3) is 21.7 Å². The summed E-state index contributed by atoms with van der Waals surface area (Å²) in [6, 6.07) is 25.9. The van der Waals surface area contributed by atoms with E-state index in [1.165, 1.54) is 27.8 Å². The third kappa shape index (κ3) is 5.73. The van der Waals surface area contributed by atoms with Gasteiger partial charge in [-0.25, -0.2) is 13.4 Å². The summed E-state index contributed by atoms with van der Waals surface area (Å²) < 4.78 is 27.5. The number of hydrogen-bond acceptors (Lipinski definition) is 5. The van der Waals surface area contributed by atoms with Crippen molar-refractivity contribution in [2.24, 2.45) is 0 Å². The highest BCUT2D eigenvalue weighted by Gasteiger charge is 2.23. The van der Waals surface area contributed by atoms with Crippen LogP contribution < -0.4 is 5.32 Å². The topological polar surface area (TPSA) is 79.4 Å². The molecule has 0 aliphatic rings. The van der Waals surface area contributed by atoms with E-state index in [1.807, 2.05) is 74.5 Å². The Hall–Kier alpha value is -3.33. The average molecular weight is 520 g/mol. The molecule has 8 heteroatoms. The molecule has 6 nitrogen and oxygen atoms in total. The lowest BCUT2D eigenvalue weighted by Crippen LogP contribution is -2.32. The van der Waals surface area contributed by atoms with Gasteiger partial charge in [0.15, 0.2) is 5.13 Å². The van der Waals surface area contributed by atoms with Crippen molar-refractivity contribution in [3.8, 4) is 21.7 Å². The number of benzene rings is 3. The number of aromatic nitrogens is 1. The molecule has 3 aromatic carbocycles. The van der Waals surface area contributed by atoms with Crippen LogP contribution in [0.2, 0.25) is 0 Å². The van der Waals surface area contributed by atoms with Gasteiger partial charge in [0, 0.05) is 24.2 Å². The van der Waals surface area contributed by atoms with Crippen molar-refractivity contribution in [3.05, 3.63) is 90.5 Å². The fraction of sp³-hybridized carbons (Fsp3) is 0.214. The summed E-state index contributed by atoms with van der Waals surface area (Å²) in [5.41, 5.74) is 3.15. The molecule has 0 saturated carbocycles. The highest BCUT2D eigenvalue weighted by molar-refractivity contribution is 7.89. The number of nitrogens with one attached hydrogen (secondary N) is 1. The van der Waals surface area contributed by atoms with E-state index in [0.717, 1.165) is 34.5 Å². The van der Waals surface area contributed by atoms with Gasteiger partial charge in [0.25, 0.3) is 5.91 Å². The number of carbonyl (C=O) groups excluding carboxylic acids is 1. The predicted molar refractivity (Wildman–Crippen MR) is 147 cm³/mol. The first-order valence-corrected chi connectivity index (χ1v) is 14.2. The van der Waals surface area contributed by atoms with Gasteiger partial charge >= 0.3 is 0 Å². The van der Waals surface area contributed by atoms with E-state index in [4.69, 9.17) is 4.98 Å². The molecule has 0 spiro atoms. The van der Waals surface area contributed by atoms with E-state index in [9.17, 15) is 13.2 Å². The van der Waals surface area contributed by atoms with E-state index in [2.05, 4.69) is 5.32 Å². The van der Waals surface area contributed by atoms with Crippen LogP contribution in [-0.2, 0) is 10.0 Å². The Morgan fingerprint density at radius 2 is 1.39 bits per heavy atom. The van der Waals surface area contributed by atoms with Crippen molar-refractivity contribution in [1.82, 2.24) is 9.29 Å². The standard InChI is InChI=1S/C28H29N3O3S2/c1-3-19-31(20-4-2)36(33,34)24-17-15-23(16-18-24)27(32)30-28-29-25(21-11-7-5-8-12-21)26(35-28)22-13-9-6-10-14-22/h5-18H,3-4,19-20H2,1-2H3,(H,29,30,32). The smallest absolute Gasteiger partial charge is 0.257 e. The Labute approximate surface area is 216 Å². The molecule has 4 aromatic rings. The van der Waals surface area contributed by atoms with Gasteiger partial charge < -0.3 is 0 Å². The number of sulfonamides is 1. The minimum absolute atomic E-state index is 0.188. The summed E-state index contributed by atoms with van der Waals surface area (Å²) in [6.45, 7) is 4.85. The number of carbonyl (C=O) groups is 1.